The summed E-state index contributed by atoms with van der Waals surface area (Å²) in [4.78, 5) is 12.7. The Kier molecular flexibility index (Phi) is 3.45. The van der Waals surface area contributed by atoms with Crippen LogP contribution in [0.25, 0.3) is 12.2 Å². The van der Waals surface area contributed by atoms with E-state index in [0.29, 0.717) is 0 Å². The predicted octanol–water partition coefficient (Wildman–Crippen LogP) is 3.97. The highest BCUT2D eigenvalue weighted by Gasteiger charge is 2.24. The number of hydrogen-bond acceptors (Lipinski definition) is 5. The lowest BCUT2D eigenvalue weighted by atomic mass is 10.1. The van der Waals surface area contributed by atoms with Crippen molar-refractivity contribution < 1.29 is 23.7 Å². The van der Waals surface area contributed by atoms with E-state index in [9.17, 15) is 4.79 Å². The normalized spacial score (nSPS) is 20.4. The molecular formula is C21H16O5. The highest BCUT2D eigenvalue weighted by molar-refractivity contribution is 6.15. The first-order chi connectivity index (χ1) is 12.8. The fourth-order valence-corrected chi connectivity index (χ4v) is 3.39. The average Bonchev–Trinajstić information content (AvgIpc) is 3.37. The number of benzene rings is 2. The smallest absolute Gasteiger partial charge is 0.231 e. The van der Waals surface area contributed by atoms with Gasteiger partial charge in [-0.3, -0.25) is 4.79 Å². The zero-order valence-electron chi connectivity index (χ0n) is 14.0. The van der Waals surface area contributed by atoms with E-state index in [0.717, 1.165) is 58.1 Å². The SMILES string of the molecule is O=C1/C(=C\c2ccc3c(c2)OCO3)CC/C1=C\c1ccc2c(c1)OCO2. The van der Waals surface area contributed by atoms with E-state index in [-0.39, 0.29) is 19.4 Å². The Bertz CT molecular complexity index is 893. The van der Waals surface area contributed by atoms with Gasteiger partial charge in [0, 0.05) is 11.1 Å². The minimum atomic E-state index is 0.0975. The van der Waals surface area contributed by atoms with Crippen LogP contribution in [-0.2, 0) is 4.79 Å². The van der Waals surface area contributed by atoms with Gasteiger partial charge in [-0.05, 0) is 60.4 Å². The van der Waals surface area contributed by atoms with Crippen LogP contribution in [0.3, 0.4) is 0 Å². The largest absolute Gasteiger partial charge is 0.454 e. The maximum absolute atomic E-state index is 12.7. The van der Waals surface area contributed by atoms with E-state index in [1.165, 1.54) is 0 Å². The lowest BCUT2D eigenvalue weighted by molar-refractivity contribution is -0.111. The summed E-state index contributed by atoms with van der Waals surface area (Å²) in [6.07, 6.45) is 5.35. The minimum absolute atomic E-state index is 0.0975. The predicted molar refractivity (Wildman–Crippen MR) is 95.3 cm³/mol. The summed E-state index contributed by atoms with van der Waals surface area (Å²) in [6, 6.07) is 11.4. The van der Waals surface area contributed by atoms with Gasteiger partial charge in [-0.25, -0.2) is 0 Å². The number of ketones is 1. The Hall–Kier alpha value is -3.21. The molecule has 3 aliphatic rings. The van der Waals surface area contributed by atoms with Gasteiger partial charge in [0.15, 0.2) is 28.8 Å². The Morgan fingerprint density at radius 1 is 0.654 bits per heavy atom. The number of allylic oxidation sites excluding steroid dienone is 2. The molecule has 0 amide bonds. The molecule has 2 aromatic carbocycles. The second kappa shape index (κ2) is 5.95. The van der Waals surface area contributed by atoms with Crippen LogP contribution in [0.15, 0.2) is 47.5 Å². The molecule has 0 saturated heterocycles. The summed E-state index contributed by atoms with van der Waals surface area (Å²) in [5.74, 6) is 3.03. The van der Waals surface area contributed by atoms with Crippen molar-refractivity contribution in [1.82, 2.24) is 0 Å². The average molecular weight is 348 g/mol. The molecule has 0 bridgehead atoms. The molecule has 2 aromatic rings. The second-order valence-electron chi connectivity index (χ2n) is 6.39. The lowest BCUT2D eigenvalue weighted by Gasteiger charge is -2.01. The molecule has 1 fully saturated rings. The van der Waals surface area contributed by atoms with Crippen molar-refractivity contribution in [1.29, 1.82) is 0 Å². The van der Waals surface area contributed by atoms with Crippen molar-refractivity contribution in [3.63, 3.8) is 0 Å². The van der Waals surface area contributed by atoms with E-state index in [1.807, 2.05) is 48.6 Å². The van der Waals surface area contributed by atoms with Crippen LogP contribution in [0.2, 0.25) is 0 Å². The summed E-state index contributed by atoms with van der Waals surface area (Å²) >= 11 is 0. The third kappa shape index (κ3) is 2.62. The van der Waals surface area contributed by atoms with Gasteiger partial charge >= 0.3 is 0 Å². The summed E-state index contributed by atoms with van der Waals surface area (Å²) in [6.45, 7) is 0.493. The molecular weight excluding hydrogens is 332 g/mol. The van der Waals surface area contributed by atoms with E-state index in [2.05, 4.69) is 0 Å². The summed E-state index contributed by atoms with van der Waals surface area (Å²) < 4.78 is 21.4. The Balaban J connectivity index is 1.40. The van der Waals surface area contributed by atoms with Crippen LogP contribution in [0, 0.1) is 0 Å². The van der Waals surface area contributed by atoms with Crippen LogP contribution < -0.4 is 18.9 Å². The van der Waals surface area contributed by atoms with Crippen molar-refractivity contribution in [2.45, 2.75) is 12.8 Å². The molecule has 5 rings (SSSR count). The summed E-state index contributed by atoms with van der Waals surface area (Å²) in [7, 11) is 0. The number of fused-ring (bicyclic) bond motifs is 2. The Labute approximate surface area is 150 Å². The van der Waals surface area contributed by atoms with Gasteiger partial charge in [0.25, 0.3) is 0 Å². The van der Waals surface area contributed by atoms with Gasteiger partial charge in [0.05, 0.1) is 0 Å². The van der Waals surface area contributed by atoms with Crippen molar-refractivity contribution in [2.75, 3.05) is 13.6 Å². The first kappa shape index (κ1) is 15.1. The van der Waals surface area contributed by atoms with E-state index in [4.69, 9.17) is 18.9 Å². The zero-order chi connectivity index (χ0) is 17.5. The molecule has 0 aromatic heterocycles. The van der Waals surface area contributed by atoms with E-state index >= 15 is 0 Å². The van der Waals surface area contributed by atoms with Crippen LogP contribution in [-0.4, -0.2) is 19.4 Å². The van der Waals surface area contributed by atoms with E-state index < -0.39 is 0 Å². The molecule has 0 unspecified atom stereocenters. The second-order valence-corrected chi connectivity index (χ2v) is 6.39. The highest BCUT2D eigenvalue weighted by atomic mass is 16.7. The number of Topliss-reactive ketones (excluding diaryl/α,β-unsaturated/α-hetero) is 1. The summed E-state index contributed by atoms with van der Waals surface area (Å²) in [5.41, 5.74) is 3.52. The number of carbonyl (C=O) groups excluding carboxylic acids is 1. The lowest BCUT2D eigenvalue weighted by Crippen LogP contribution is -1.95. The number of ether oxygens (including phenoxy) is 4. The molecule has 2 heterocycles. The van der Waals surface area contributed by atoms with Crippen LogP contribution in [0.4, 0.5) is 0 Å². The van der Waals surface area contributed by atoms with Crippen LogP contribution in [0.5, 0.6) is 23.0 Å². The standard InChI is InChI=1S/C21H16O5/c22-21-15(7-13-1-5-17-19(9-13)25-11-23-17)3-4-16(21)8-14-2-6-18-20(10-14)26-12-24-18/h1-2,5-10H,3-4,11-12H2/b15-7-,16-8+. The monoisotopic (exact) mass is 348 g/mol. The molecule has 26 heavy (non-hydrogen) atoms. The fraction of sp³-hybridized carbons (Fsp3) is 0.190. The topological polar surface area (TPSA) is 54.0 Å². The molecule has 5 heteroatoms. The zero-order valence-corrected chi connectivity index (χ0v) is 14.0. The minimum Gasteiger partial charge on any atom is -0.454 e. The highest BCUT2D eigenvalue weighted by Crippen LogP contribution is 2.36. The molecule has 0 N–H and O–H groups in total. The number of rotatable bonds is 2. The molecule has 0 atom stereocenters. The van der Waals surface area contributed by atoms with Crippen molar-refractivity contribution >= 4 is 17.9 Å². The van der Waals surface area contributed by atoms with Gasteiger partial charge < -0.3 is 18.9 Å². The third-order valence-corrected chi connectivity index (χ3v) is 4.72. The maximum atomic E-state index is 12.7. The Morgan fingerprint density at radius 2 is 1.12 bits per heavy atom. The van der Waals surface area contributed by atoms with Gasteiger partial charge in [-0.2, -0.15) is 0 Å². The number of hydrogen-bond donors (Lipinski definition) is 0. The van der Waals surface area contributed by atoms with Crippen molar-refractivity contribution in [3.05, 3.63) is 58.7 Å². The molecule has 2 aliphatic heterocycles. The summed E-state index contributed by atoms with van der Waals surface area (Å²) in [5, 5.41) is 0. The van der Waals surface area contributed by atoms with Crippen LogP contribution >= 0.6 is 0 Å². The molecule has 130 valence electrons. The molecule has 1 aliphatic carbocycles. The van der Waals surface area contributed by atoms with E-state index in [1.54, 1.807) is 0 Å². The first-order valence-corrected chi connectivity index (χ1v) is 8.51. The van der Waals surface area contributed by atoms with Gasteiger partial charge in [0.1, 0.15) is 0 Å². The van der Waals surface area contributed by atoms with Crippen molar-refractivity contribution in [2.24, 2.45) is 0 Å². The van der Waals surface area contributed by atoms with Crippen LogP contribution in [0.1, 0.15) is 24.0 Å². The van der Waals surface area contributed by atoms with Gasteiger partial charge in [0.2, 0.25) is 13.6 Å². The fourth-order valence-electron chi connectivity index (χ4n) is 3.39. The van der Waals surface area contributed by atoms with Gasteiger partial charge in [-0.15, -0.1) is 0 Å². The van der Waals surface area contributed by atoms with Crippen molar-refractivity contribution in [3.8, 4) is 23.0 Å². The quantitative estimate of drug-likeness (QED) is 0.769. The maximum Gasteiger partial charge on any atom is 0.231 e. The Morgan fingerprint density at radius 3 is 1.62 bits per heavy atom. The molecule has 5 nitrogen and oxygen atoms in total. The first-order valence-electron chi connectivity index (χ1n) is 8.51. The third-order valence-electron chi connectivity index (χ3n) is 4.72. The van der Waals surface area contributed by atoms with Gasteiger partial charge in [-0.1, -0.05) is 12.1 Å². The molecule has 1 saturated carbocycles. The molecule has 0 radical (unpaired) electrons. The molecule has 0 spiro atoms. The number of carbonyl (C=O) groups is 1.